The number of esters is 1. The number of Topliss-reactive ketones (excluding diaryl/α,β-unsaturated/α-hetero) is 1. The maximum atomic E-state index is 12.4. The summed E-state index contributed by atoms with van der Waals surface area (Å²) in [6, 6.07) is 11.7. The number of halogens is 1. The van der Waals surface area contributed by atoms with E-state index in [4.69, 9.17) is 16.3 Å². The van der Waals surface area contributed by atoms with E-state index >= 15 is 0 Å². The molecule has 1 heterocycles. The van der Waals surface area contributed by atoms with Gasteiger partial charge in [0.2, 0.25) is 11.7 Å². The van der Waals surface area contributed by atoms with Crippen LogP contribution in [0, 0.1) is 16.0 Å². The zero-order chi connectivity index (χ0) is 21.1. The third-order valence-corrected chi connectivity index (χ3v) is 4.87. The van der Waals surface area contributed by atoms with Crippen molar-refractivity contribution < 1.29 is 24.0 Å². The second kappa shape index (κ2) is 8.40. The lowest BCUT2D eigenvalue weighted by Gasteiger charge is -2.17. The second-order valence-corrected chi connectivity index (χ2v) is 7.07. The highest BCUT2D eigenvalue weighted by molar-refractivity contribution is 6.30. The largest absolute Gasteiger partial charge is 0.454 e. The third kappa shape index (κ3) is 4.60. The fraction of sp³-hybridized carbons (Fsp3) is 0.250. The number of rotatable bonds is 6. The molecule has 1 aliphatic heterocycles. The highest BCUT2D eigenvalue weighted by Gasteiger charge is 2.37. The highest BCUT2D eigenvalue weighted by Crippen LogP contribution is 2.28. The summed E-state index contributed by atoms with van der Waals surface area (Å²) in [7, 11) is 0. The zero-order valence-corrected chi connectivity index (χ0v) is 16.2. The number of nitro benzene ring substituents is 1. The van der Waals surface area contributed by atoms with Crippen molar-refractivity contribution in [2.45, 2.75) is 19.4 Å². The standard InChI is InChI=1S/C20H17ClN2O6/c1-12(19(25)13-2-4-15(21)5-3-13)29-20(26)14-10-18(24)22(11-14)16-6-8-17(9-7-16)23(27)28/h2-9,12,14H,10-11H2,1H3/t12-,14-/m0/s1. The van der Waals surface area contributed by atoms with Crippen LogP contribution in [0.15, 0.2) is 48.5 Å². The van der Waals surface area contributed by atoms with Crippen LogP contribution in [-0.4, -0.2) is 35.2 Å². The maximum Gasteiger partial charge on any atom is 0.312 e. The fourth-order valence-electron chi connectivity index (χ4n) is 3.04. The second-order valence-electron chi connectivity index (χ2n) is 6.63. The van der Waals surface area contributed by atoms with E-state index < -0.39 is 22.9 Å². The van der Waals surface area contributed by atoms with Crippen molar-refractivity contribution >= 4 is 40.6 Å². The molecule has 0 N–H and O–H groups in total. The van der Waals surface area contributed by atoms with E-state index in [1.807, 2.05) is 0 Å². The normalized spacial score (nSPS) is 17.1. The van der Waals surface area contributed by atoms with Crippen LogP contribution in [0.3, 0.4) is 0 Å². The minimum atomic E-state index is -1.01. The topological polar surface area (TPSA) is 107 Å². The van der Waals surface area contributed by atoms with Gasteiger partial charge in [-0.3, -0.25) is 24.5 Å². The number of benzene rings is 2. The first-order valence-corrected chi connectivity index (χ1v) is 9.19. The van der Waals surface area contributed by atoms with E-state index in [-0.39, 0.29) is 30.3 Å². The first-order chi connectivity index (χ1) is 13.8. The van der Waals surface area contributed by atoms with Crippen LogP contribution in [0.4, 0.5) is 11.4 Å². The summed E-state index contributed by atoms with van der Waals surface area (Å²) in [6.07, 6.45) is -1.07. The van der Waals surface area contributed by atoms with Crippen molar-refractivity contribution in [3.8, 4) is 0 Å². The summed E-state index contributed by atoms with van der Waals surface area (Å²) < 4.78 is 5.27. The molecule has 2 aromatic carbocycles. The lowest BCUT2D eigenvalue weighted by molar-refractivity contribution is -0.384. The molecule has 3 rings (SSSR count). The van der Waals surface area contributed by atoms with E-state index in [2.05, 4.69) is 0 Å². The summed E-state index contributed by atoms with van der Waals surface area (Å²) in [5, 5.41) is 11.2. The Balaban J connectivity index is 1.63. The van der Waals surface area contributed by atoms with Gasteiger partial charge in [-0.05, 0) is 43.3 Å². The number of nitro groups is 1. The molecule has 0 aliphatic carbocycles. The average Bonchev–Trinajstić information content (AvgIpc) is 3.10. The summed E-state index contributed by atoms with van der Waals surface area (Å²) in [6.45, 7) is 1.55. The van der Waals surface area contributed by atoms with Gasteiger partial charge in [-0.2, -0.15) is 0 Å². The number of anilines is 1. The first kappa shape index (κ1) is 20.5. The van der Waals surface area contributed by atoms with Crippen molar-refractivity contribution in [1.82, 2.24) is 0 Å². The number of carbonyl (C=O) groups is 3. The average molecular weight is 417 g/mol. The summed E-state index contributed by atoms with van der Waals surface area (Å²) in [5.74, 6) is -2.03. The van der Waals surface area contributed by atoms with Gasteiger partial charge < -0.3 is 9.64 Å². The molecule has 1 saturated heterocycles. The van der Waals surface area contributed by atoms with Crippen molar-refractivity contribution in [3.63, 3.8) is 0 Å². The van der Waals surface area contributed by atoms with Crippen molar-refractivity contribution in [2.24, 2.45) is 5.92 Å². The molecular weight excluding hydrogens is 400 g/mol. The van der Waals surface area contributed by atoms with Crippen LogP contribution in [-0.2, 0) is 14.3 Å². The van der Waals surface area contributed by atoms with Gasteiger partial charge >= 0.3 is 5.97 Å². The van der Waals surface area contributed by atoms with Gasteiger partial charge in [0.05, 0.1) is 10.8 Å². The Morgan fingerprint density at radius 1 is 1.17 bits per heavy atom. The molecule has 1 amide bonds. The number of amides is 1. The zero-order valence-electron chi connectivity index (χ0n) is 15.4. The Hall–Kier alpha value is -3.26. The molecular formula is C20H17ClN2O6. The summed E-state index contributed by atoms with van der Waals surface area (Å²) >= 11 is 5.80. The predicted molar refractivity (Wildman–Crippen MR) is 105 cm³/mol. The molecule has 0 bridgehead atoms. The predicted octanol–water partition coefficient (Wildman–Crippen LogP) is 3.42. The summed E-state index contributed by atoms with van der Waals surface area (Å²) in [5.41, 5.74) is 0.733. The van der Waals surface area contributed by atoms with Crippen molar-refractivity contribution in [1.29, 1.82) is 0 Å². The minimum absolute atomic E-state index is 0.0579. The Bertz CT molecular complexity index is 958. The van der Waals surface area contributed by atoms with Crippen LogP contribution in [0.2, 0.25) is 5.02 Å². The molecule has 0 spiro atoms. The molecule has 29 heavy (non-hydrogen) atoms. The lowest BCUT2D eigenvalue weighted by atomic mass is 10.1. The molecule has 0 unspecified atom stereocenters. The van der Waals surface area contributed by atoms with E-state index in [0.717, 1.165) is 0 Å². The van der Waals surface area contributed by atoms with E-state index in [0.29, 0.717) is 16.3 Å². The van der Waals surface area contributed by atoms with Crippen LogP contribution in [0.1, 0.15) is 23.7 Å². The maximum absolute atomic E-state index is 12.4. The molecule has 2 aromatic rings. The number of non-ortho nitro benzene ring substituents is 1. The molecule has 0 saturated carbocycles. The van der Waals surface area contributed by atoms with Gasteiger partial charge in [0.25, 0.3) is 5.69 Å². The fourth-order valence-corrected chi connectivity index (χ4v) is 3.17. The van der Waals surface area contributed by atoms with Gasteiger partial charge in [0, 0.05) is 41.4 Å². The number of hydrogen-bond donors (Lipinski definition) is 0. The van der Waals surface area contributed by atoms with Gasteiger partial charge in [-0.1, -0.05) is 11.6 Å². The SMILES string of the molecule is C[C@H](OC(=O)[C@H]1CC(=O)N(c2ccc([N+](=O)[O-])cc2)C1)C(=O)c1ccc(Cl)cc1. The van der Waals surface area contributed by atoms with Crippen LogP contribution >= 0.6 is 11.6 Å². The minimum Gasteiger partial charge on any atom is -0.454 e. The van der Waals surface area contributed by atoms with Crippen LogP contribution < -0.4 is 4.90 Å². The Morgan fingerprint density at radius 2 is 1.79 bits per heavy atom. The number of carbonyl (C=O) groups excluding carboxylic acids is 3. The monoisotopic (exact) mass is 416 g/mol. The van der Waals surface area contributed by atoms with Crippen molar-refractivity contribution in [3.05, 3.63) is 69.2 Å². The Labute approximate surface area is 171 Å². The third-order valence-electron chi connectivity index (χ3n) is 4.62. The van der Waals surface area contributed by atoms with Gasteiger partial charge in [-0.25, -0.2) is 0 Å². The Kier molecular flexibility index (Phi) is 5.93. The van der Waals surface area contributed by atoms with Crippen LogP contribution in [0.5, 0.6) is 0 Å². The van der Waals surface area contributed by atoms with Crippen molar-refractivity contribution in [2.75, 3.05) is 11.4 Å². The quantitative estimate of drug-likeness (QED) is 0.309. The van der Waals surface area contributed by atoms with E-state index in [1.54, 1.807) is 24.3 Å². The number of hydrogen-bond acceptors (Lipinski definition) is 6. The van der Waals surface area contributed by atoms with E-state index in [1.165, 1.54) is 36.1 Å². The molecule has 0 radical (unpaired) electrons. The molecule has 150 valence electrons. The number of ketones is 1. The van der Waals surface area contributed by atoms with Gasteiger partial charge in [0.15, 0.2) is 6.10 Å². The van der Waals surface area contributed by atoms with Gasteiger partial charge in [0.1, 0.15) is 0 Å². The smallest absolute Gasteiger partial charge is 0.312 e. The lowest BCUT2D eigenvalue weighted by Crippen LogP contribution is -2.30. The Morgan fingerprint density at radius 3 is 2.38 bits per heavy atom. The molecule has 2 atom stereocenters. The van der Waals surface area contributed by atoms with E-state index in [9.17, 15) is 24.5 Å². The highest BCUT2D eigenvalue weighted by atomic mass is 35.5. The van der Waals surface area contributed by atoms with Gasteiger partial charge in [-0.15, -0.1) is 0 Å². The molecule has 1 aliphatic rings. The van der Waals surface area contributed by atoms with Crippen LogP contribution in [0.25, 0.3) is 0 Å². The molecule has 9 heteroatoms. The number of ether oxygens (including phenoxy) is 1. The summed E-state index contributed by atoms with van der Waals surface area (Å²) in [4.78, 5) is 48.7. The molecule has 0 aromatic heterocycles. The first-order valence-electron chi connectivity index (χ1n) is 8.81. The molecule has 8 nitrogen and oxygen atoms in total. The number of nitrogens with zero attached hydrogens (tertiary/aromatic N) is 2. The molecule has 1 fully saturated rings.